The number of ether oxygens (including phenoxy) is 2. The van der Waals surface area contributed by atoms with E-state index in [0.717, 1.165) is 42.3 Å². The summed E-state index contributed by atoms with van der Waals surface area (Å²) in [6.45, 7) is 8.06. The highest BCUT2D eigenvalue weighted by molar-refractivity contribution is 8.03. The van der Waals surface area contributed by atoms with Crippen molar-refractivity contribution in [1.29, 1.82) is 0 Å². The lowest BCUT2D eigenvalue weighted by Crippen LogP contribution is -2.45. The minimum absolute atomic E-state index is 0.0345. The van der Waals surface area contributed by atoms with E-state index in [2.05, 4.69) is 18.4 Å². The van der Waals surface area contributed by atoms with Gasteiger partial charge in [-0.3, -0.25) is 0 Å². The van der Waals surface area contributed by atoms with Crippen LogP contribution in [-0.2, 0) is 16.0 Å². The highest BCUT2D eigenvalue weighted by atomic mass is 35.5. The average Bonchev–Trinajstić information content (AvgIpc) is 3.54. The highest BCUT2D eigenvalue weighted by Gasteiger charge is 2.48. The number of carbonyl (C=O) groups is 1. The summed E-state index contributed by atoms with van der Waals surface area (Å²) in [5.41, 5.74) is 1.96. The molecule has 2 heterocycles. The van der Waals surface area contributed by atoms with E-state index in [1.165, 1.54) is 11.8 Å². The number of esters is 1. The van der Waals surface area contributed by atoms with Crippen molar-refractivity contribution in [2.75, 3.05) is 0 Å². The van der Waals surface area contributed by atoms with Crippen LogP contribution in [-0.4, -0.2) is 32.3 Å². The fourth-order valence-electron chi connectivity index (χ4n) is 5.99. The van der Waals surface area contributed by atoms with Gasteiger partial charge < -0.3 is 19.1 Å². The molecule has 0 spiro atoms. The van der Waals surface area contributed by atoms with Crippen LogP contribution in [0.4, 0.5) is 0 Å². The molecular weight excluding hydrogens is 567 g/mol. The van der Waals surface area contributed by atoms with E-state index in [4.69, 9.17) is 37.7 Å². The predicted octanol–water partition coefficient (Wildman–Crippen LogP) is 9.08. The number of aromatic nitrogens is 2. The van der Waals surface area contributed by atoms with Gasteiger partial charge in [0.1, 0.15) is 22.0 Å². The molecule has 40 heavy (non-hydrogen) atoms. The Morgan fingerprint density at radius 3 is 2.55 bits per heavy atom. The molecule has 0 bridgehead atoms. The van der Waals surface area contributed by atoms with Gasteiger partial charge in [-0.15, -0.1) is 0 Å². The van der Waals surface area contributed by atoms with Crippen molar-refractivity contribution in [2.45, 2.75) is 95.5 Å². The number of nitrogens with zero attached hydrogens (tertiary/aromatic N) is 2. The van der Waals surface area contributed by atoms with Crippen molar-refractivity contribution in [2.24, 2.45) is 5.92 Å². The number of aryl methyl sites for hydroxylation is 1. The monoisotopic (exact) mass is 602 g/mol. The van der Waals surface area contributed by atoms with Crippen LogP contribution in [0.3, 0.4) is 0 Å². The molecule has 214 valence electrons. The van der Waals surface area contributed by atoms with E-state index in [-0.39, 0.29) is 28.7 Å². The van der Waals surface area contributed by atoms with E-state index in [1.807, 2.05) is 50.2 Å². The summed E-state index contributed by atoms with van der Waals surface area (Å²) in [5.74, 6) is 0.450. The SMILES string of the molecule is CC(C)Oc1ccc(CCC2(C3CCCC3)CC(O)=C(Sc3nc4cc(Cl)ccc4n3C(C)C)C(=O)O2)cc1Cl. The van der Waals surface area contributed by atoms with E-state index < -0.39 is 11.6 Å². The van der Waals surface area contributed by atoms with Gasteiger partial charge in [-0.1, -0.05) is 42.1 Å². The van der Waals surface area contributed by atoms with Gasteiger partial charge >= 0.3 is 5.97 Å². The Labute approximate surface area is 250 Å². The van der Waals surface area contributed by atoms with Gasteiger partial charge in [0.05, 0.1) is 22.2 Å². The molecule has 1 saturated carbocycles. The molecule has 1 aromatic heterocycles. The van der Waals surface area contributed by atoms with Gasteiger partial charge in [0.15, 0.2) is 5.16 Å². The summed E-state index contributed by atoms with van der Waals surface area (Å²) in [6, 6.07) is 11.5. The topological polar surface area (TPSA) is 73.6 Å². The third-order valence-electron chi connectivity index (χ3n) is 7.83. The molecular formula is C31H36Cl2N2O4S. The Morgan fingerprint density at radius 2 is 1.90 bits per heavy atom. The van der Waals surface area contributed by atoms with E-state index in [0.29, 0.717) is 40.2 Å². The second-order valence-corrected chi connectivity index (χ2v) is 13.2. The molecule has 6 nitrogen and oxygen atoms in total. The molecule has 1 unspecified atom stereocenters. The van der Waals surface area contributed by atoms with Crippen LogP contribution in [0.25, 0.3) is 11.0 Å². The lowest BCUT2D eigenvalue weighted by atomic mass is 9.77. The molecule has 3 aromatic rings. The van der Waals surface area contributed by atoms with Crippen molar-refractivity contribution in [3.63, 3.8) is 0 Å². The summed E-state index contributed by atoms with van der Waals surface area (Å²) in [4.78, 5) is 18.5. The van der Waals surface area contributed by atoms with Crippen molar-refractivity contribution in [3.8, 4) is 5.75 Å². The Hall–Kier alpha value is -2.35. The first-order chi connectivity index (χ1) is 19.1. The van der Waals surface area contributed by atoms with E-state index >= 15 is 0 Å². The summed E-state index contributed by atoms with van der Waals surface area (Å²) in [5, 5.41) is 13.2. The minimum Gasteiger partial charge on any atom is -0.511 e. The van der Waals surface area contributed by atoms with Crippen molar-refractivity contribution in [1.82, 2.24) is 9.55 Å². The van der Waals surface area contributed by atoms with Gasteiger partial charge in [-0.25, -0.2) is 9.78 Å². The van der Waals surface area contributed by atoms with Gasteiger partial charge in [0.25, 0.3) is 0 Å². The molecule has 1 fully saturated rings. The number of halogens is 2. The van der Waals surface area contributed by atoms with Crippen LogP contribution in [0, 0.1) is 5.92 Å². The number of thioether (sulfide) groups is 1. The maximum atomic E-state index is 13.6. The molecule has 2 aromatic carbocycles. The molecule has 1 N–H and O–H groups in total. The molecule has 1 atom stereocenters. The number of carbonyl (C=O) groups excluding carboxylic acids is 1. The summed E-state index contributed by atoms with van der Waals surface area (Å²) in [6.07, 6.45) is 5.77. The first-order valence-electron chi connectivity index (χ1n) is 14.0. The van der Waals surface area contributed by atoms with Crippen molar-refractivity contribution >= 4 is 52.0 Å². The second kappa shape index (κ2) is 11.9. The lowest BCUT2D eigenvalue weighted by molar-refractivity contribution is -0.166. The van der Waals surface area contributed by atoms with Crippen LogP contribution >= 0.6 is 35.0 Å². The molecule has 0 amide bonds. The fraction of sp³-hybridized carbons (Fsp3) is 0.484. The van der Waals surface area contributed by atoms with Gasteiger partial charge in [0.2, 0.25) is 0 Å². The number of hydrogen-bond donors (Lipinski definition) is 1. The molecule has 2 aliphatic rings. The van der Waals surface area contributed by atoms with Crippen LogP contribution in [0.2, 0.25) is 10.0 Å². The zero-order valence-corrected chi connectivity index (χ0v) is 25.7. The molecule has 1 aliphatic carbocycles. The highest BCUT2D eigenvalue weighted by Crippen LogP contribution is 2.48. The number of fused-ring (bicyclic) bond motifs is 1. The van der Waals surface area contributed by atoms with Crippen LogP contribution in [0.5, 0.6) is 5.75 Å². The summed E-state index contributed by atoms with van der Waals surface area (Å²) < 4.78 is 14.2. The van der Waals surface area contributed by atoms with Crippen LogP contribution < -0.4 is 4.74 Å². The Morgan fingerprint density at radius 1 is 1.15 bits per heavy atom. The second-order valence-electron chi connectivity index (χ2n) is 11.4. The lowest BCUT2D eigenvalue weighted by Gasteiger charge is -2.41. The largest absolute Gasteiger partial charge is 0.511 e. The summed E-state index contributed by atoms with van der Waals surface area (Å²) in [7, 11) is 0. The number of hydrogen-bond acceptors (Lipinski definition) is 6. The maximum absolute atomic E-state index is 13.6. The van der Waals surface area contributed by atoms with Gasteiger partial charge in [-0.05, 0) is 107 Å². The zero-order chi connectivity index (χ0) is 28.6. The minimum atomic E-state index is -0.757. The predicted molar refractivity (Wildman–Crippen MR) is 162 cm³/mol. The van der Waals surface area contributed by atoms with Gasteiger partial charge in [-0.2, -0.15) is 0 Å². The normalized spacial score (nSPS) is 20.2. The molecule has 9 heteroatoms. The quantitative estimate of drug-likeness (QED) is 0.246. The number of aliphatic hydroxyl groups excluding tert-OH is 1. The molecule has 5 rings (SSSR count). The first-order valence-corrected chi connectivity index (χ1v) is 15.6. The Balaban J connectivity index is 1.41. The number of aliphatic hydroxyl groups is 1. The smallest absolute Gasteiger partial charge is 0.349 e. The number of cyclic esters (lactones) is 1. The first kappa shape index (κ1) is 29.2. The Bertz CT molecular complexity index is 1440. The molecule has 1 aliphatic heterocycles. The molecule has 0 radical (unpaired) electrons. The average molecular weight is 604 g/mol. The number of imidazole rings is 1. The number of benzene rings is 2. The Kier molecular flexibility index (Phi) is 8.65. The van der Waals surface area contributed by atoms with Crippen molar-refractivity contribution < 1.29 is 19.4 Å². The van der Waals surface area contributed by atoms with E-state index in [1.54, 1.807) is 0 Å². The summed E-state index contributed by atoms with van der Waals surface area (Å²) >= 11 is 13.9. The van der Waals surface area contributed by atoms with Crippen LogP contribution in [0.15, 0.2) is 52.2 Å². The standard InChI is InChI=1S/C31H36Cl2N2O4S/c1-18(2)35-25-11-10-22(32)16-24(25)34-30(35)40-28-26(36)17-31(39-29(28)37,21-7-5-6-8-21)14-13-20-9-12-27(23(33)15-20)38-19(3)4/h9-12,15-16,18-19,21,36H,5-8,13-14,17H2,1-4H3. The number of rotatable bonds is 9. The van der Waals surface area contributed by atoms with E-state index in [9.17, 15) is 9.90 Å². The zero-order valence-electron chi connectivity index (χ0n) is 23.4. The molecule has 0 saturated heterocycles. The van der Waals surface area contributed by atoms with Crippen molar-refractivity contribution in [3.05, 3.63) is 62.7 Å². The third kappa shape index (κ3) is 5.97. The third-order valence-corrected chi connectivity index (χ3v) is 9.44. The van der Waals surface area contributed by atoms with Crippen LogP contribution in [0.1, 0.15) is 77.8 Å². The fourth-order valence-corrected chi connectivity index (χ4v) is 7.45. The maximum Gasteiger partial charge on any atom is 0.349 e. The van der Waals surface area contributed by atoms with Gasteiger partial charge in [0, 0.05) is 17.5 Å².